The molecule has 54 heavy (non-hydrogen) atoms. The molecule has 2 unspecified atom stereocenters. The summed E-state index contributed by atoms with van der Waals surface area (Å²) in [6, 6.07) is 49.8. The van der Waals surface area contributed by atoms with Gasteiger partial charge in [0.15, 0.2) is 5.82 Å². The molecular weight excluding hydrogens is 653 g/mol. The topological polar surface area (TPSA) is 25.8 Å². The molecule has 0 bridgehead atoms. The number of hydrogen-bond acceptors (Lipinski definition) is 2. The van der Waals surface area contributed by atoms with Crippen molar-refractivity contribution in [2.24, 2.45) is 5.92 Å². The average Bonchev–Trinajstić information content (AvgIpc) is 3.27. The Morgan fingerprint density at radius 2 is 1.19 bits per heavy atom. The molecule has 2 nitrogen and oxygen atoms in total. The first-order chi connectivity index (χ1) is 26.8. The predicted molar refractivity (Wildman–Crippen MR) is 225 cm³/mol. The molecule has 0 N–H and O–H groups in total. The van der Waals surface area contributed by atoms with E-state index in [0.717, 1.165) is 70.7 Å². The van der Waals surface area contributed by atoms with E-state index in [9.17, 15) is 0 Å². The van der Waals surface area contributed by atoms with Gasteiger partial charge in [-0.15, -0.1) is 0 Å². The van der Waals surface area contributed by atoms with Gasteiger partial charge in [-0.3, -0.25) is 0 Å². The van der Waals surface area contributed by atoms with Crippen molar-refractivity contribution in [1.29, 1.82) is 0 Å². The van der Waals surface area contributed by atoms with Crippen LogP contribution in [0.5, 0.6) is 0 Å². The second kappa shape index (κ2) is 13.9. The van der Waals surface area contributed by atoms with Crippen LogP contribution < -0.4 is 0 Å². The maximum absolute atomic E-state index is 5.38. The molecule has 4 aliphatic carbocycles. The number of fused-ring (bicyclic) bond motifs is 5. The second-order valence-electron chi connectivity index (χ2n) is 14.7. The first-order valence-electron chi connectivity index (χ1n) is 19.3. The summed E-state index contributed by atoms with van der Waals surface area (Å²) in [5.41, 5.74) is 18.5. The van der Waals surface area contributed by atoms with Crippen LogP contribution in [-0.4, -0.2) is 9.97 Å². The summed E-state index contributed by atoms with van der Waals surface area (Å²) in [6.07, 6.45) is 20.8. The first kappa shape index (κ1) is 32.3. The van der Waals surface area contributed by atoms with Crippen molar-refractivity contribution in [2.45, 2.75) is 31.6 Å². The molecular formula is C52H40N2. The second-order valence-corrected chi connectivity index (χ2v) is 14.7. The fourth-order valence-corrected chi connectivity index (χ4v) is 8.86. The van der Waals surface area contributed by atoms with Gasteiger partial charge < -0.3 is 0 Å². The van der Waals surface area contributed by atoms with E-state index in [4.69, 9.17) is 9.97 Å². The van der Waals surface area contributed by atoms with Crippen LogP contribution >= 0.6 is 0 Å². The molecule has 2 heteroatoms. The molecule has 1 aromatic heterocycles. The highest BCUT2D eigenvalue weighted by Gasteiger charge is 2.32. The van der Waals surface area contributed by atoms with Crippen molar-refractivity contribution in [1.82, 2.24) is 9.97 Å². The van der Waals surface area contributed by atoms with E-state index in [-0.39, 0.29) is 5.92 Å². The van der Waals surface area contributed by atoms with E-state index in [0.29, 0.717) is 5.92 Å². The first-order valence-corrected chi connectivity index (χ1v) is 19.3. The van der Waals surface area contributed by atoms with Gasteiger partial charge in [0.2, 0.25) is 0 Å². The molecule has 0 aliphatic heterocycles. The van der Waals surface area contributed by atoms with Crippen LogP contribution in [0.15, 0.2) is 188 Å². The number of benzene rings is 5. The molecule has 0 saturated heterocycles. The zero-order valence-electron chi connectivity index (χ0n) is 30.2. The Kier molecular flexibility index (Phi) is 8.30. The lowest BCUT2D eigenvalue weighted by Crippen LogP contribution is -2.18. The standard InChI is InChI=1S/C52H40N2/c1-4-16-35(17-5-1)49-50(36-18-6-2-7-19-36)53-52(54-51(49)37-20-8-3-9-21-37)42-25-15-24-40(33-42)38-22-14-23-39(32-38)41-30-31-47-45-28-11-10-26-43(45)44-27-12-13-29-46(44)48(47)34-41/h1-10,12-23,25-27,29-30,32-34,40,47H,11,24,28,31H2. The largest absolute Gasteiger partial charge is 0.227 e. The molecule has 2 atom stereocenters. The van der Waals surface area contributed by atoms with Crippen molar-refractivity contribution >= 4 is 22.3 Å². The van der Waals surface area contributed by atoms with Gasteiger partial charge in [-0.05, 0) is 70.2 Å². The quantitative estimate of drug-likeness (QED) is 0.174. The van der Waals surface area contributed by atoms with Gasteiger partial charge in [0.25, 0.3) is 0 Å². The zero-order chi connectivity index (χ0) is 35.8. The maximum Gasteiger partial charge on any atom is 0.160 e. The fraction of sp³-hybridized carbons (Fsp3) is 0.115. The number of nitrogens with zero attached hydrogens (tertiary/aromatic N) is 2. The highest BCUT2D eigenvalue weighted by atomic mass is 14.9. The van der Waals surface area contributed by atoms with E-state index in [2.05, 4.69) is 182 Å². The van der Waals surface area contributed by atoms with Crippen LogP contribution in [-0.2, 0) is 0 Å². The molecule has 0 amide bonds. The monoisotopic (exact) mass is 692 g/mol. The third-order valence-electron chi connectivity index (χ3n) is 11.5. The lowest BCUT2D eigenvalue weighted by molar-refractivity contribution is 0.727. The summed E-state index contributed by atoms with van der Waals surface area (Å²) in [5, 5.41) is 0. The molecule has 258 valence electrons. The van der Waals surface area contributed by atoms with Crippen molar-refractivity contribution in [3.05, 3.63) is 216 Å². The summed E-state index contributed by atoms with van der Waals surface area (Å²) in [7, 11) is 0. The van der Waals surface area contributed by atoms with Gasteiger partial charge in [0, 0.05) is 34.1 Å². The van der Waals surface area contributed by atoms with Crippen LogP contribution in [0, 0.1) is 5.92 Å². The third kappa shape index (κ3) is 5.85. The van der Waals surface area contributed by atoms with Crippen LogP contribution in [0.25, 0.3) is 55.9 Å². The summed E-state index contributed by atoms with van der Waals surface area (Å²) in [5.74, 6) is 1.43. The smallest absolute Gasteiger partial charge is 0.160 e. The van der Waals surface area contributed by atoms with Crippen molar-refractivity contribution < 1.29 is 0 Å². The molecule has 0 spiro atoms. The van der Waals surface area contributed by atoms with Gasteiger partial charge >= 0.3 is 0 Å². The highest BCUT2D eigenvalue weighted by molar-refractivity contribution is 5.97. The molecule has 10 rings (SSSR count). The molecule has 0 saturated carbocycles. The minimum atomic E-state index is 0.212. The summed E-state index contributed by atoms with van der Waals surface area (Å²) >= 11 is 0. The van der Waals surface area contributed by atoms with Crippen LogP contribution in [0.2, 0.25) is 0 Å². The average molecular weight is 693 g/mol. The number of aromatic nitrogens is 2. The van der Waals surface area contributed by atoms with Crippen LogP contribution in [0.1, 0.15) is 59.7 Å². The van der Waals surface area contributed by atoms with Gasteiger partial charge in [-0.25, -0.2) is 9.97 Å². The number of hydrogen-bond donors (Lipinski definition) is 0. The van der Waals surface area contributed by atoms with E-state index in [1.165, 1.54) is 39.0 Å². The molecule has 4 aliphatic rings. The molecule has 5 aromatic carbocycles. The van der Waals surface area contributed by atoms with Crippen molar-refractivity contribution in [2.75, 3.05) is 0 Å². The van der Waals surface area contributed by atoms with E-state index in [1.54, 1.807) is 5.57 Å². The summed E-state index contributed by atoms with van der Waals surface area (Å²) < 4.78 is 0. The van der Waals surface area contributed by atoms with E-state index >= 15 is 0 Å². The number of allylic oxidation sites excluding steroid dienone is 12. The Labute approximate surface area is 318 Å². The molecule has 0 radical (unpaired) electrons. The lowest BCUT2D eigenvalue weighted by atomic mass is 9.68. The molecule has 6 aromatic rings. The number of rotatable bonds is 6. The molecule has 0 fully saturated rings. The minimum absolute atomic E-state index is 0.212. The normalized spacial score (nSPS) is 18.6. The van der Waals surface area contributed by atoms with E-state index < -0.39 is 0 Å². The Morgan fingerprint density at radius 3 is 1.91 bits per heavy atom. The SMILES string of the molecule is C1=CC2=C(CC1)C1CC=C(c3cccc(C4C=C(c5nc(-c6ccccc6)c(-c6ccccc6)c(-c6ccccc6)n5)C=CC4)c3)C=C1c1ccccc12. The van der Waals surface area contributed by atoms with Crippen LogP contribution in [0.3, 0.4) is 0 Å². The maximum atomic E-state index is 5.38. The van der Waals surface area contributed by atoms with Gasteiger partial charge in [-0.1, -0.05) is 188 Å². The Hall–Kier alpha value is -6.38. The Bertz CT molecular complexity index is 2520. The van der Waals surface area contributed by atoms with Gasteiger partial charge in [-0.2, -0.15) is 0 Å². The van der Waals surface area contributed by atoms with Gasteiger partial charge in [0.1, 0.15) is 0 Å². The third-order valence-corrected chi connectivity index (χ3v) is 11.5. The fourth-order valence-electron chi connectivity index (χ4n) is 8.86. The Morgan fingerprint density at radius 1 is 0.537 bits per heavy atom. The van der Waals surface area contributed by atoms with Crippen molar-refractivity contribution in [3.63, 3.8) is 0 Å². The van der Waals surface area contributed by atoms with Crippen molar-refractivity contribution in [3.8, 4) is 33.6 Å². The summed E-state index contributed by atoms with van der Waals surface area (Å²) in [6.45, 7) is 0. The van der Waals surface area contributed by atoms with Crippen LogP contribution in [0.4, 0.5) is 0 Å². The zero-order valence-corrected chi connectivity index (χ0v) is 30.2. The molecule has 1 heterocycles. The lowest BCUT2D eigenvalue weighted by Gasteiger charge is -2.35. The predicted octanol–water partition coefficient (Wildman–Crippen LogP) is 13.2. The van der Waals surface area contributed by atoms with Gasteiger partial charge in [0.05, 0.1) is 11.4 Å². The van der Waals surface area contributed by atoms with E-state index in [1.807, 2.05) is 0 Å². The minimum Gasteiger partial charge on any atom is -0.227 e. The Balaban J connectivity index is 1.04. The summed E-state index contributed by atoms with van der Waals surface area (Å²) in [4.78, 5) is 10.8. The highest BCUT2D eigenvalue weighted by Crippen LogP contribution is 2.50.